The molecule has 0 saturated heterocycles. The average molecular weight is 218 g/mol. The number of aliphatic hydroxyl groups is 2. The van der Waals surface area contributed by atoms with Crippen LogP contribution in [0.25, 0.3) is 0 Å². The molecule has 0 aliphatic rings. The Kier molecular flexibility index (Phi) is 9.00. The van der Waals surface area contributed by atoms with Gasteiger partial charge in [0.15, 0.2) is 0 Å². The molecule has 4 nitrogen and oxygen atoms in total. The van der Waals surface area contributed by atoms with Gasteiger partial charge >= 0.3 is 0 Å². The number of nitrogens with zero attached hydrogens (tertiary/aromatic N) is 1. The maximum Gasteiger partial charge on any atom is 0.0791 e. The second kappa shape index (κ2) is 9.09. The van der Waals surface area contributed by atoms with E-state index in [0.29, 0.717) is 13.1 Å². The number of hydrogen-bond donors (Lipinski definition) is 3. The van der Waals surface area contributed by atoms with Gasteiger partial charge in [0.25, 0.3) is 0 Å². The Balaban J connectivity index is 3.51. The quantitative estimate of drug-likeness (QED) is 0.506. The maximum absolute atomic E-state index is 9.70. The molecular formula is C11H26N2O2. The van der Waals surface area contributed by atoms with Crippen molar-refractivity contribution in [2.24, 2.45) is 5.92 Å². The van der Waals surface area contributed by atoms with Crippen molar-refractivity contribution in [1.29, 1.82) is 0 Å². The van der Waals surface area contributed by atoms with Crippen LogP contribution in [0.5, 0.6) is 0 Å². The molecule has 92 valence electrons. The van der Waals surface area contributed by atoms with Crippen LogP contribution in [0.3, 0.4) is 0 Å². The molecule has 0 aromatic heterocycles. The van der Waals surface area contributed by atoms with Crippen LogP contribution in [0.15, 0.2) is 0 Å². The first-order valence-corrected chi connectivity index (χ1v) is 5.85. The van der Waals surface area contributed by atoms with Crippen molar-refractivity contribution in [3.8, 4) is 0 Å². The van der Waals surface area contributed by atoms with Gasteiger partial charge in [0.1, 0.15) is 0 Å². The van der Waals surface area contributed by atoms with Crippen molar-refractivity contribution in [2.75, 3.05) is 39.3 Å². The largest absolute Gasteiger partial charge is 0.396 e. The average Bonchev–Trinajstić information content (AvgIpc) is 2.25. The molecule has 0 aliphatic heterocycles. The van der Waals surface area contributed by atoms with Crippen molar-refractivity contribution < 1.29 is 10.2 Å². The highest BCUT2D eigenvalue weighted by Gasteiger charge is 2.08. The Hall–Kier alpha value is -0.160. The minimum atomic E-state index is -0.323. The van der Waals surface area contributed by atoms with Crippen LogP contribution in [0.1, 0.15) is 20.8 Å². The molecule has 0 amide bonds. The van der Waals surface area contributed by atoms with Gasteiger partial charge in [-0.2, -0.15) is 0 Å². The summed E-state index contributed by atoms with van der Waals surface area (Å²) in [6, 6.07) is 0. The van der Waals surface area contributed by atoms with Crippen LogP contribution in [-0.2, 0) is 0 Å². The van der Waals surface area contributed by atoms with E-state index in [1.807, 2.05) is 6.92 Å². The van der Waals surface area contributed by atoms with Gasteiger partial charge in [-0.15, -0.1) is 0 Å². The first-order chi connectivity index (χ1) is 7.13. The predicted octanol–water partition coefficient (Wildman–Crippen LogP) is -0.0929. The molecule has 2 atom stereocenters. The molecule has 0 aromatic rings. The number of nitrogens with one attached hydrogen (secondary N) is 1. The van der Waals surface area contributed by atoms with E-state index < -0.39 is 0 Å². The van der Waals surface area contributed by atoms with E-state index in [-0.39, 0.29) is 18.6 Å². The zero-order valence-electron chi connectivity index (χ0n) is 10.2. The summed E-state index contributed by atoms with van der Waals surface area (Å²) in [5.74, 6) is 0.255. The first kappa shape index (κ1) is 14.8. The monoisotopic (exact) mass is 218 g/mol. The van der Waals surface area contributed by atoms with Crippen LogP contribution in [0.2, 0.25) is 0 Å². The third-order valence-electron chi connectivity index (χ3n) is 2.55. The fraction of sp³-hybridized carbons (Fsp3) is 1.00. The summed E-state index contributed by atoms with van der Waals surface area (Å²) in [5.41, 5.74) is 0. The Morgan fingerprint density at radius 2 is 1.80 bits per heavy atom. The van der Waals surface area contributed by atoms with E-state index in [1.54, 1.807) is 0 Å². The second-order valence-electron chi connectivity index (χ2n) is 4.09. The molecule has 0 rings (SSSR count). The summed E-state index contributed by atoms with van der Waals surface area (Å²) in [4.78, 5) is 2.20. The predicted molar refractivity (Wildman–Crippen MR) is 62.9 cm³/mol. The van der Waals surface area contributed by atoms with Gasteiger partial charge in [-0.05, 0) is 25.6 Å². The van der Waals surface area contributed by atoms with Gasteiger partial charge in [0.2, 0.25) is 0 Å². The zero-order valence-corrected chi connectivity index (χ0v) is 10.2. The first-order valence-electron chi connectivity index (χ1n) is 5.85. The SMILES string of the molecule is CCN(CC)CC(O)CNCC(C)CO. The lowest BCUT2D eigenvalue weighted by Gasteiger charge is -2.22. The molecule has 0 aromatic carbocycles. The second-order valence-corrected chi connectivity index (χ2v) is 4.09. The summed E-state index contributed by atoms with van der Waals surface area (Å²) < 4.78 is 0. The summed E-state index contributed by atoms with van der Waals surface area (Å²) >= 11 is 0. The molecule has 0 heterocycles. The zero-order chi connectivity index (χ0) is 11.7. The van der Waals surface area contributed by atoms with Gasteiger partial charge in [-0.25, -0.2) is 0 Å². The molecule has 0 radical (unpaired) electrons. The smallest absolute Gasteiger partial charge is 0.0791 e. The summed E-state index contributed by atoms with van der Waals surface area (Å²) in [6.07, 6.45) is -0.323. The summed E-state index contributed by atoms with van der Waals surface area (Å²) in [5, 5.41) is 21.7. The standard InChI is InChI=1S/C11H26N2O2/c1-4-13(5-2)8-11(15)7-12-6-10(3)9-14/h10-12,14-15H,4-9H2,1-3H3. The number of hydrogen-bond acceptors (Lipinski definition) is 4. The highest BCUT2D eigenvalue weighted by atomic mass is 16.3. The van der Waals surface area contributed by atoms with Crippen LogP contribution in [0.4, 0.5) is 0 Å². The molecule has 4 heteroatoms. The lowest BCUT2D eigenvalue weighted by Crippen LogP contribution is -2.39. The van der Waals surface area contributed by atoms with E-state index in [1.165, 1.54) is 0 Å². The molecular weight excluding hydrogens is 192 g/mol. The van der Waals surface area contributed by atoms with E-state index in [2.05, 4.69) is 24.1 Å². The fourth-order valence-electron chi connectivity index (χ4n) is 1.41. The van der Waals surface area contributed by atoms with E-state index in [0.717, 1.165) is 19.6 Å². The van der Waals surface area contributed by atoms with Crippen molar-refractivity contribution in [2.45, 2.75) is 26.9 Å². The van der Waals surface area contributed by atoms with Crippen LogP contribution < -0.4 is 5.32 Å². The molecule has 0 saturated carbocycles. The van der Waals surface area contributed by atoms with Crippen molar-refractivity contribution in [1.82, 2.24) is 10.2 Å². The Labute approximate surface area is 93.3 Å². The fourth-order valence-corrected chi connectivity index (χ4v) is 1.41. The Morgan fingerprint density at radius 3 is 2.27 bits per heavy atom. The third-order valence-corrected chi connectivity index (χ3v) is 2.55. The highest BCUT2D eigenvalue weighted by Crippen LogP contribution is 1.93. The third kappa shape index (κ3) is 7.73. The minimum Gasteiger partial charge on any atom is -0.396 e. The molecule has 0 bridgehead atoms. The number of rotatable bonds is 9. The van der Waals surface area contributed by atoms with Crippen LogP contribution >= 0.6 is 0 Å². The van der Waals surface area contributed by atoms with Gasteiger partial charge in [0, 0.05) is 19.7 Å². The summed E-state index contributed by atoms with van der Waals surface area (Å²) in [7, 11) is 0. The molecule has 3 N–H and O–H groups in total. The molecule has 15 heavy (non-hydrogen) atoms. The van der Waals surface area contributed by atoms with Crippen molar-refractivity contribution in [3.63, 3.8) is 0 Å². The van der Waals surface area contributed by atoms with E-state index in [4.69, 9.17) is 5.11 Å². The van der Waals surface area contributed by atoms with E-state index >= 15 is 0 Å². The lowest BCUT2D eigenvalue weighted by molar-refractivity contribution is 0.114. The van der Waals surface area contributed by atoms with Crippen molar-refractivity contribution >= 4 is 0 Å². The van der Waals surface area contributed by atoms with Crippen LogP contribution in [0, 0.1) is 5.92 Å². The van der Waals surface area contributed by atoms with Gasteiger partial charge in [0.05, 0.1) is 6.10 Å². The van der Waals surface area contributed by atoms with Gasteiger partial charge in [-0.1, -0.05) is 20.8 Å². The van der Waals surface area contributed by atoms with Crippen LogP contribution in [-0.4, -0.2) is 60.5 Å². The molecule has 0 aliphatic carbocycles. The normalized spacial score (nSPS) is 15.6. The van der Waals surface area contributed by atoms with Gasteiger partial charge < -0.3 is 20.4 Å². The van der Waals surface area contributed by atoms with Crippen molar-refractivity contribution in [3.05, 3.63) is 0 Å². The Morgan fingerprint density at radius 1 is 1.20 bits per heavy atom. The molecule has 2 unspecified atom stereocenters. The number of aliphatic hydroxyl groups excluding tert-OH is 2. The minimum absolute atomic E-state index is 0.194. The summed E-state index contributed by atoms with van der Waals surface area (Å²) in [6.45, 7) is 10.4. The maximum atomic E-state index is 9.70. The van der Waals surface area contributed by atoms with E-state index in [9.17, 15) is 5.11 Å². The van der Waals surface area contributed by atoms with Gasteiger partial charge in [-0.3, -0.25) is 0 Å². The Bertz CT molecular complexity index is 141. The topological polar surface area (TPSA) is 55.7 Å². The lowest BCUT2D eigenvalue weighted by atomic mass is 10.2. The molecule has 0 spiro atoms. The highest BCUT2D eigenvalue weighted by molar-refractivity contribution is 4.66. The number of likely N-dealkylation sites (N-methyl/N-ethyl adjacent to an activating group) is 1. The molecule has 0 fully saturated rings.